The van der Waals surface area contributed by atoms with Crippen molar-refractivity contribution in [1.29, 1.82) is 0 Å². The van der Waals surface area contributed by atoms with Crippen LogP contribution in [0.1, 0.15) is 32.8 Å². The number of rotatable bonds is 6. The van der Waals surface area contributed by atoms with Crippen LogP contribution in [-0.2, 0) is 25.6 Å². The van der Waals surface area contributed by atoms with E-state index in [9.17, 15) is 9.59 Å². The van der Waals surface area contributed by atoms with Gasteiger partial charge in [-0.25, -0.2) is 5.06 Å². The molecule has 1 aromatic rings. The third kappa shape index (κ3) is 6.71. The third-order valence-corrected chi connectivity index (χ3v) is 3.96. The minimum Gasteiger partial charge on any atom is -0.460 e. The van der Waals surface area contributed by atoms with E-state index in [0.29, 0.717) is 6.42 Å². The van der Waals surface area contributed by atoms with Crippen molar-refractivity contribution >= 4 is 27.8 Å². The number of hydroxylamine groups is 2. The maximum Gasteiger partial charge on any atom is 0.307 e. The molecule has 128 valence electrons. The maximum atomic E-state index is 12.5. The number of ether oxygens (including phenoxy) is 1. The van der Waals surface area contributed by atoms with Gasteiger partial charge >= 0.3 is 5.97 Å². The first-order valence-corrected chi connectivity index (χ1v) is 8.20. The summed E-state index contributed by atoms with van der Waals surface area (Å²) in [6.45, 7) is 5.41. The molecule has 0 saturated heterocycles. The van der Waals surface area contributed by atoms with Gasteiger partial charge in [-0.1, -0.05) is 34.1 Å². The lowest BCUT2D eigenvalue weighted by Crippen LogP contribution is -2.36. The summed E-state index contributed by atoms with van der Waals surface area (Å²) in [5, 5.41) is 1.14. The Morgan fingerprint density at radius 2 is 1.87 bits per heavy atom. The molecule has 0 aliphatic heterocycles. The third-order valence-electron chi connectivity index (χ3n) is 3.19. The van der Waals surface area contributed by atoms with Gasteiger partial charge in [-0.15, -0.1) is 0 Å². The van der Waals surface area contributed by atoms with Crippen molar-refractivity contribution in [3.05, 3.63) is 34.3 Å². The molecule has 0 aliphatic carbocycles. The largest absolute Gasteiger partial charge is 0.460 e. The summed E-state index contributed by atoms with van der Waals surface area (Å²) in [5.74, 6) is -1.20. The summed E-state index contributed by atoms with van der Waals surface area (Å²) < 4.78 is 6.24. The molecule has 0 N–H and O–H groups in total. The monoisotopic (exact) mass is 385 g/mol. The molecule has 1 rings (SSSR count). The molecule has 0 aromatic heterocycles. The minimum atomic E-state index is -0.578. The summed E-state index contributed by atoms with van der Waals surface area (Å²) in [5.41, 5.74) is 0.379. The van der Waals surface area contributed by atoms with E-state index < -0.39 is 17.5 Å². The van der Waals surface area contributed by atoms with E-state index in [1.165, 1.54) is 14.2 Å². The first-order valence-electron chi connectivity index (χ1n) is 7.41. The Kier molecular flexibility index (Phi) is 7.22. The summed E-state index contributed by atoms with van der Waals surface area (Å²) in [6.07, 6.45) is 0.429. The van der Waals surface area contributed by atoms with Crippen molar-refractivity contribution in [2.45, 2.75) is 39.2 Å². The lowest BCUT2D eigenvalue weighted by atomic mass is 9.95. The number of hydrogen-bond donors (Lipinski definition) is 0. The topological polar surface area (TPSA) is 55.8 Å². The number of nitrogens with zero attached hydrogens (tertiary/aromatic N) is 1. The fraction of sp³-hybridized carbons (Fsp3) is 0.529. The molecule has 0 spiro atoms. The van der Waals surface area contributed by atoms with Crippen LogP contribution in [0, 0.1) is 5.92 Å². The molecule has 0 bridgehead atoms. The molecule has 1 amide bonds. The molecule has 0 radical (unpaired) electrons. The first kappa shape index (κ1) is 19.6. The van der Waals surface area contributed by atoms with Crippen molar-refractivity contribution in [1.82, 2.24) is 5.06 Å². The van der Waals surface area contributed by atoms with E-state index in [1.807, 2.05) is 24.3 Å². The Hall–Kier alpha value is -1.40. The quantitative estimate of drug-likeness (QED) is 0.556. The van der Waals surface area contributed by atoms with Crippen LogP contribution in [0.15, 0.2) is 28.7 Å². The van der Waals surface area contributed by atoms with Gasteiger partial charge in [0.05, 0.1) is 19.4 Å². The van der Waals surface area contributed by atoms with Crippen LogP contribution < -0.4 is 0 Å². The fourth-order valence-corrected chi connectivity index (χ4v) is 2.55. The van der Waals surface area contributed by atoms with Gasteiger partial charge in [0.25, 0.3) is 0 Å². The number of esters is 1. The van der Waals surface area contributed by atoms with E-state index in [-0.39, 0.29) is 12.3 Å². The average molecular weight is 386 g/mol. The zero-order valence-electron chi connectivity index (χ0n) is 14.3. The van der Waals surface area contributed by atoms with Gasteiger partial charge in [0.2, 0.25) is 5.91 Å². The van der Waals surface area contributed by atoms with Crippen LogP contribution in [0.4, 0.5) is 0 Å². The number of carbonyl (C=O) groups is 2. The number of carbonyl (C=O) groups excluding carboxylic acids is 2. The molecule has 1 aromatic carbocycles. The second-order valence-corrected chi connectivity index (χ2v) is 7.16. The number of hydrogen-bond acceptors (Lipinski definition) is 4. The van der Waals surface area contributed by atoms with Crippen LogP contribution in [0.25, 0.3) is 0 Å². The predicted molar refractivity (Wildman–Crippen MR) is 91.6 cm³/mol. The first-order chi connectivity index (χ1) is 10.6. The fourth-order valence-electron chi connectivity index (χ4n) is 2.11. The van der Waals surface area contributed by atoms with Gasteiger partial charge in [0, 0.05) is 11.5 Å². The molecular weight excluding hydrogens is 362 g/mol. The molecular formula is C17H24BrNO4. The Labute approximate surface area is 146 Å². The van der Waals surface area contributed by atoms with Crippen molar-refractivity contribution in [3.8, 4) is 0 Å². The zero-order chi connectivity index (χ0) is 17.6. The summed E-state index contributed by atoms with van der Waals surface area (Å²) in [4.78, 5) is 29.5. The lowest BCUT2D eigenvalue weighted by molar-refractivity contribution is -0.176. The van der Waals surface area contributed by atoms with Crippen LogP contribution in [0.2, 0.25) is 0 Å². The number of benzene rings is 1. The van der Waals surface area contributed by atoms with Gasteiger partial charge in [0.1, 0.15) is 5.60 Å². The zero-order valence-corrected chi connectivity index (χ0v) is 15.8. The molecule has 1 atom stereocenters. The van der Waals surface area contributed by atoms with E-state index in [0.717, 1.165) is 15.1 Å². The molecule has 6 heteroatoms. The van der Waals surface area contributed by atoms with Crippen LogP contribution >= 0.6 is 15.9 Å². The van der Waals surface area contributed by atoms with Gasteiger partial charge in [-0.05, 0) is 38.8 Å². The second kappa shape index (κ2) is 8.45. The smallest absolute Gasteiger partial charge is 0.307 e. The summed E-state index contributed by atoms with van der Waals surface area (Å²) in [6, 6.07) is 7.63. The highest BCUT2D eigenvalue weighted by atomic mass is 79.9. The second-order valence-electron chi connectivity index (χ2n) is 6.30. The number of amides is 1. The molecule has 23 heavy (non-hydrogen) atoms. The van der Waals surface area contributed by atoms with Gasteiger partial charge in [-0.3, -0.25) is 14.4 Å². The van der Waals surface area contributed by atoms with Crippen LogP contribution in [0.5, 0.6) is 0 Å². The highest BCUT2D eigenvalue weighted by molar-refractivity contribution is 9.10. The minimum absolute atomic E-state index is 0.00510. The average Bonchev–Trinajstić information content (AvgIpc) is 2.45. The Morgan fingerprint density at radius 3 is 2.39 bits per heavy atom. The Morgan fingerprint density at radius 1 is 1.26 bits per heavy atom. The van der Waals surface area contributed by atoms with E-state index in [1.54, 1.807) is 20.8 Å². The molecule has 1 unspecified atom stereocenters. The van der Waals surface area contributed by atoms with E-state index >= 15 is 0 Å². The number of halogens is 1. The molecule has 0 saturated carbocycles. The SMILES string of the molecule is CON(C)C(=O)C(CC(=O)OC(C)(C)C)Cc1ccccc1Br. The lowest BCUT2D eigenvalue weighted by Gasteiger charge is -2.24. The highest BCUT2D eigenvalue weighted by Crippen LogP contribution is 2.23. The standard InChI is InChI=1S/C17H24BrNO4/c1-17(2,3)23-15(20)11-13(16(21)19(4)22-5)10-12-8-6-7-9-14(12)18/h6-9,13H,10-11H2,1-5H3. The normalized spacial score (nSPS) is 12.6. The Balaban J connectivity index is 2.92. The highest BCUT2D eigenvalue weighted by Gasteiger charge is 2.28. The maximum absolute atomic E-state index is 12.5. The summed E-state index contributed by atoms with van der Waals surface area (Å²) >= 11 is 3.47. The molecule has 0 fully saturated rings. The summed E-state index contributed by atoms with van der Waals surface area (Å²) in [7, 11) is 2.95. The Bertz CT molecular complexity index is 554. The van der Waals surface area contributed by atoms with Crippen molar-refractivity contribution < 1.29 is 19.2 Å². The molecule has 0 heterocycles. The predicted octanol–water partition coefficient (Wildman–Crippen LogP) is 3.36. The van der Waals surface area contributed by atoms with Crippen molar-refractivity contribution in [3.63, 3.8) is 0 Å². The van der Waals surface area contributed by atoms with Gasteiger partial charge in [0.15, 0.2) is 0 Å². The molecule has 5 nitrogen and oxygen atoms in total. The molecule has 0 aliphatic rings. The van der Waals surface area contributed by atoms with Crippen molar-refractivity contribution in [2.75, 3.05) is 14.2 Å². The van der Waals surface area contributed by atoms with Crippen LogP contribution in [-0.4, -0.2) is 36.7 Å². The van der Waals surface area contributed by atoms with E-state index in [4.69, 9.17) is 9.57 Å². The van der Waals surface area contributed by atoms with Crippen LogP contribution in [0.3, 0.4) is 0 Å². The van der Waals surface area contributed by atoms with Crippen molar-refractivity contribution in [2.24, 2.45) is 5.92 Å². The van der Waals surface area contributed by atoms with Gasteiger partial charge < -0.3 is 4.74 Å². The van der Waals surface area contributed by atoms with Gasteiger partial charge in [-0.2, -0.15) is 0 Å². The van der Waals surface area contributed by atoms with E-state index in [2.05, 4.69) is 15.9 Å².